The summed E-state index contributed by atoms with van der Waals surface area (Å²) in [5.74, 6) is -0.173. The van der Waals surface area contributed by atoms with Crippen molar-refractivity contribution in [3.8, 4) is 0 Å². The zero-order valence-corrected chi connectivity index (χ0v) is 14.6. The molecule has 2 fully saturated rings. The molecule has 0 saturated heterocycles. The second kappa shape index (κ2) is 7.37. The molecule has 0 unspecified atom stereocenters. The molecule has 1 aromatic carbocycles. The molecule has 0 spiro atoms. The molecule has 2 amide bonds. The van der Waals surface area contributed by atoms with Gasteiger partial charge in [-0.05, 0) is 43.7 Å². The molecule has 1 aromatic rings. The fourth-order valence-electron chi connectivity index (χ4n) is 3.58. The van der Waals surface area contributed by atoms with E-state index in [1.807, 2.05) is 31.2 Å². The highest BCUT2D eigenvalue weighted by molar-refractivity contribution is 6.07. The Hall–Kier alpha value is -1.84. The van der Waals surface area contributed by atoms with Crippen LogP contribution in [-0.2, 0) is 16.1 Å². The Bertz CT molecular complexity index is 599. The number of amides is 2. The van der Waals surface area contributed by atoms with Crippen molar-refractivity contribution in [2.24, 2.45) is 5.41 Å². The number of carbonyl (C=O) groups excluding carboxylic acids is 2. The Kier molecular flexibility index (Phi) is 5.22. The summed E-state index contributed by atoms with van der Waals surface area (Å²) in [6.45, 7) is 2.52. The fraction of sp³-hybridized carbons (Fsp3) is 0.600. The third kappa shape index (κ3) is 3.80. The average molecular weight is 328 g/mol. The van der Waals surface area contributed by atoms with Gasteiger partial charge in [0, 0.05) is 12.6 Å². The zero-order chi connectivity index (χ0) is 17.0. The minimum Gasteiger partial charge on any atom is -0.352 e. The lowest BCUT2D eigenvalue weighted by atomic mass is 10.0. The lowest BCUT2D eigenvalue weighted by Gasteiger charge is -2.21. The number of aryl methyl sites for hydroxylation is 1. The van der Waals surface area contributed by atoms with Crippen LogP contribution in [0.2, 0.25) is 0 Å². The summed E-state index contributed by atoms with van der Waals surface area (Å²) in [6.07, 6.45) is 8.31. The molecule has 3 rings (SSSR count). The SMILES string of the molecule is Cc1ccccc1CNC(=O)C1(C(=O)NC2CCCCCC2)CC1. The molecule has 130 valence electrons. The minimum atomic E-state index is -0.811. The molecule has 4 nitrogen and oxygen atoms in total. The van der Waals surface area contributed by atoms with E-state index in [0.717, 1.165) is 24.0 Å². The van der Waals surface area contributed by atoms with Gasteiger partial charge in [0.05, 0.1) is 0 Å². The van der Waals surface area contributed by atoms with Crippen LogP contribution in [0.3, 0.4) is 0 Å². The summed E-state index contributed by atoms with van der Waals surface area (Å²) < 4.78 is 0. The first-order chi connectivity index (χ1) is 11.6. The van der Waals surface area contributed by atoms with Crippen molar-refractivity contribution in [1.82, 2.24) is 10.6 Å². The molecule has 0 aromatic heterocycles. The quantitative estimate of drug-likeness (QED) is 0.644. The molecule has 2 aliphatic carbocycles. The van der Waals surface area contributed by atoms with Gasteiger partial charge in [-0.2, -0.15) is 0 Å². The third-order valence-electron chi connectivity index (χ3n) is 5.51. The first kappa shape index (κ1) is 17.0. The molecule has 4 heteroatoms. The van der Waals surface area contributed by atoms with E-state index in [9.17, 15) is 9.59 Å². The van der Waals surface area contributed by atoms with Gasteiger partial charge in [0.2, 0.25) is 11.8 Å². The lowest BCUT2D eigenvalue weighted by molar-refractivity contribution is -0.137. The van der Waals surface area contributed by atoms with Gasteiger partial charge in [-0.3, -0.25) is 9.59 Å². The molecule has 24 heavy (non-hydrogen) atoms. The van der Waals surface area contributed by atoms with Crippen molar-refractivity contribution in [2.45, 2.75) is 70.9 Å². The molecule has 2 saturated carbocycles. The largest absolute Gasteiger partial charge is 0.352 e. The number of hydrogen-bond acceptors (Lipinski definition) is 2. The van der Waals surface area contributed by atoms with Crippen molar-refractivity contribution < 1.29 is 9.59 Å². The molecule has 0 aliphatic heterocycles. The van der Waals surface area contributed by atoms with Gasteiger partial charge in [-0.15, -0.1) is 0 Å². The molecule has 0 radical (unpaired) electrons. The van der Waals surface area contributed by atoms with Crippen LogP contribution in [0.1, 0.15) is 62.5 Å². The normalized spacial score (nSPS) is 20.0. The lowest BCUT2D eigenvalue weighted by Crippen LogP contribution is -2.46. The van der Waals surface area contributed by atoms with Crippen LogP contribution >= 0.6 is 0 Å². The van der Waals surface area contributed by atoms with E-state index in [2.05, 4.69) is 10.6 Å². The van der Waals surface area contributed by atoms with Crippen LogP contribution in [0.25, 0.3) is 0 Å². The summed E-state index contributed by atoms with van der Waals surface area (Å²) in [4.78, 5) is 25.2. The second-order valence-corrected chi connectivity index (χ2v) is 7.35. The van der Waals surface area contributed by atoms with Crippen molar-refractivity contribution >= 4 is 11.8 Å². The van der Waals surface area contributed by atoms with E-state index in [4.69, 9.17) is 0 Å². The Morgan fingerprint density at radius 1 is 1.04 bits per heavy atom. The maximum Gasteiger partial charge on any atom is 0.235 e. The second-order valence-electron chi connectivity index (χ2n) is 7.35. The number of hydrogen-bond donors (Lipinski definition) is 2. The standard InChI is InChI=1S/C20H28N2O2/c1-15-8-6-7-9-16(15)14-21-18(23)20(12-13-20)19(24)22-17-10-4-2-3-5-11-17/h6-9,17H,2-5,10-14H2,1H3,(H,21,23)(H,22,24). The number of nitrogens with one attached hydrogen (secondary N) is 2. The Morgan fingerprint density at radius 3 is 2.33 bits per heavy atom. The molecule has 2 aliphatic rings. The third-order valence-corrected chi connectivity index (χ3v) is 5.51. The maximum absolute atomic E-state index is 12.7. The minimum absolute atomic E-state index is 0.0586. The molecule has 0 atom stereocenters. The number of rotatable bonds is 5. The zero-order valence-electron chi connectivity index (χ0n) is 14.6. The van der Waals surface area contributed by atoms with Crippen LogP contribution in [0.4, 0.5) is 0 Å². The van der Waals surface area contributed by atoms with Gasteiger partial charge in [0.1, 0.15) is 5.41 Å². The van der Waals surface area contributed by atoms with Gasteiger partial charge >= 0.3 is 0 Å². The summed E-state index contributed by atoms with van der Waals surface area (Å²) in [6, 6.07) is 8.26. The highest BCUT2D eigenvalue weighted by atomic mass is 16.2. The summed E-state index contributed by atoms with van der Waals surface area (Å²) in [5, 5.41) is 6.13. The smallest absolute Gasteiger partial charge is 0.235 e. The van der Waals surface area contributed by atoms with Crippen molar-refractivity contribution in [3.63, 3.8) is 0 Å². The van der Waals surface area contributed by atoms with E-state index in [-0.39, 0.29) is 17.9 Å². The van der Waals surface area contributed by atoms with Crippen molar-refractivity contribution in [2.75, 3.05) is 0 Å². The Balaban J connectivity index is 1.55. The maximum atomic E-state index is 12.7. The fourth-order valence-corrected chi connectivity index (χ4v) is 3.58. The van der Waals surface area contributed by atoms with Crippen molar-refractivity contribution in [1.29, 1.82) is 0 Å². The van der Waals surface area contributed by atoms with E-state index in [1.54, 1.807) is 0 Å². The average Bonchev–Trinajstić information content (AvgIpc) is 3.39. The predicted molar refractivity (Wildman–Crippen MR) is 94.3 cm³/mol. The first-order valence-corrected chi connectivity index (χ1v) is 9.25. The molecule has 0 heterocycles. The van der Waals surface area contributed by atoms with E-state index in [1.165, 1.54) is 25.7 Å². The summed E-state index contributed by atoms with van der Waals surface area (Å²) in [7, 11) is 0. The van der Waals surface area contributed by atoms with Gasteiger partial charge in [-0.25, -0.2) is 0 Å². The summed E-state index contributed by atoms with van der Waals surface area (Å²) >= 11 is 0. The van der Waals surface area contributed by atoms with Gasteiger partial charge in [0.15, 0.2) is 0 Å². The first-order valence-electron chi connectivity index (χ1n) is 9.25. The molecule has 2 N–H and O–H groups in total. The van der Waals surface area contributed by atoms with Crippen LogP contribution in [0, 0.1) is 12.3 Å². The Labute approximate surface area is 144 Å². The van der Waals surface area contributed by atoms with Crippen LogP contribution in [0.15, 0.2) is 24.3 Å². The Morgan fingerprint density at radius 2 is 1.71 bits per heavy atom. The van der Waals surface area contributed by atoms with E-state index >= 15 is 0 Å². The molecule has 0 bridgehead atoms. The van der Waals surface area contributed by atoms with Crippen LogP contribution in [0.5, 0.6) is 0 Å². The highest BCUT2D eigenvalue weighted by Crippen LogP contribution is 2.46. The van der Waals surface area contributed by atoms with E-state index < -0.39 is 5.41 Å². The molecular weight excluding hydrogens is 300 g/mol. The van der Waals surface area contributed by atoms with Crippen molar-refractivity contribution in [3.05, 3.63) is 35.4 Å². The topological polar surface area (TPSA) is 58.2 Å². The van der Waals surface area contributed by atoms with Crippen LogP contribution in [-0.4, -0.2) is 17.9 Å². The number of carbonyl (C=O) groups is 2. The van der Waals surface area contributed by atoms with Gasteiger partial charge in [0.25, 0.3) is 0 Å². The molecular formula is C20H28N2O2. The predicted octanol–water partition coefficient (Wildman–Crippen LogP) is 3.23. The van der Waals surface area contributed by atoms with Crippen LogP contribution < -0.4 is 10.6 Å². The highest BCUT2D eigenvalue weighted by Gasteiger charge is 2.56. The number of benzene rings is 1. The van der Waals surface area contributed by atoms with Gasteiger partial charge < -0.3 is 10.6 Å². The van der Waals surface area contributed by atoms with Gasteiger partial charge in [-0.1, -0.05) is 49.9 Å². The monoisotopic (exact) mass is 328 g/mol. The van der Waals surface area contributed by atoms with E-state index in [0.29, 0.717) is 19.4 Å². The summed E-state index contributed by atoms with van der Waals surface area (Å²) in [5.41, 5.74) is 1.45.